The molecular weight excluding hydrogens is 451 g/mol. The van der Waals surface area contributed by atoms with Crippen LogP contribution in [0.2, 0.25) is 0 Å². The summed E-state index contributed by atoms with van der Waals surface area (Å²) in [5.74, 6) is 1.61. The van der Waals surface area contributed by atoms with E-state index in [4.69, 9.17) is 0 Å². The second-order valence-electron chi connectivity index (χ2n) is 6.56. The number of benzene rings is 1. The van der Waals surface area contributed by atoms with Crippen LogP contribution in [0.25, 0.3) is 0 Å². The maximum Gasteiger partial charge on any atom is 0.240 e. The lowest BCUT2D eigenvalue weighted by Crippen LogP contribution is -2.38. The van der Waals surface area contributed by atoms with Crippen molar-refractivity contribution in [2.24, 2.45) is 10.9 Å². The fourth-order valence-corrected chi connectivity index (χ4v) is 3.64. The van der Waals surface area contributed by atoms with E-state index in [0.717, 1.165) is 43.4 Å². The Morgan fingerprint density at radius 1 is 1.12 bits per heavy atom. The molecule has 6 nitrogen and oxygen atoms in total. The minimum Gasteiger partial charge on any atom is -0.357 e. The van der Waals surface area contributed by atoms with Gasteiger partial charge in [0, 0.05) is 19.1 Å². The van der Waals surface area contributed by atoms with Gasteiger partial charge in [-0.05, 0) is 56.2 Å². The number of aliphatic imine (C=N–C) groups is 1. The number of halogens is 1. The van der Waals surface area contributed by atoms with Crippen LogP contribution in [0.3, 0.4) is 0 Å². The Bertz CT molecular complexity index is 683. The second-order valence-corrected chi connectivity index (χ2v) is 8.27. The zero-order valence-electron chi connectivity index (χ0n) is 14.5. The van der Waals surface area contributed by atoms with Gasteiger partial charge < -0.3 is 10.6 Å². The van der Waals surface area contributed by atoms with Crippen molar-refractivity contribution in [3.05, 3.63) is 29.8 Å². The molecule has 2 saturated carbocycles. The molecule has 0 unspecified atom stereocenters. The average Bonchev–Trinajstić information content (AvgIpc) is 3.46. The molecule has 1 aromatic rings. The first kappa shape index (κ1) is 20.4. The number of nitrogens with zero attached hydrogens (tertiary/aromatic N) is 1. The number of sulfonamides is 1. The van der Waals surface area contributed by atoms with Crippen molar-refractivity contribution >= 4 is 40.0 Å². The van der Waals surface area contributed by atoms with Crippen molar-refractivity contribution in [2.75, 3.05) is 13.1 Å². The molecule has 2 aliphatic carbocycles. The Labute approximate surface area is 167 Å². The van der Waals surface area contributed by atoms with E-state index < -0.39 is 10.0 Å². The van der Waals surface area contributed by atoms with E-state index in [1.54, 1.807) is 12.1 Å². The summed E-state index contributed by atoms with van der Waals surface area (Å²) in [4.78, 5) is 4.88. The summed E-state index contributed by atoms with van der Waals surface area (Å²) in [6.45, 7) is 4.35. The van der Waals surface area contributed by atoms with Gasteiger partial charge in [-0.3, -0.25) is 0 Å². The maximum absolute atomic E-state index is 12.1. The highest BCUT2D eigenvalue weighted by Gasteiger charge is 2.27. The van der Waals surface area contributed by atoms with Crippen molar-refractivity contribution in [3.8, 4) is 0 Å². The van der Waals surface area contributed by atoms with E-state index in [-0.39, 0.29) is 30.0 Å². The van der Waals surface area contributed by atoms with Gasteiger partial charge in [0.2, 0.25) is 10.0 Å². The first-order chi connectivity index (χ1) is 11.6. The molecular formula is C17H27IN4O2S. The van der Waals surface area contributed by atoms with Gasteiger partial charge in [-0.2, -0.15) is 0 Å². The minimum atomic E-state index is -3.38. The number of hydrogen-bond acceptors (Lipinski definition) is 3. The quantitative estimate of drug-likeness (QED) is 0.304. The molecule has 0 aromatic heterocycles. The Hall–Kier alpha value is -0.870. The van der Waals surface area contributed by atoms with Crippen LogP contribution in [0.1, 0.15) is 38.2 Å². The standard InChI is InChI=1S/C17H26N4O2S.HI/c1-2-18-17(19-11-13-3-4-13)20-12-14-5-9-16(10-6-14)24(22,23)21-15-7-8-15;/h5-6,9-10,13,15,21H,2-4,7-8,11-12H2,1H3,(H2,18,19,20);1H. The number of rotatable bonds is 8. The van der Waals surface area contributed by atoms with Gasteiger partial charge in [-0.1, -0.05) is 12.1 Å². The fraction of sp³-hybridized carbons (Fsp3) is 0.588. The zero-order chi connectivity index (χ0) is 17.0. The molecule has 3 rings (SSSR count). The highest BCUT2D eigenvalue weighted by atomic mass is 127. The molecule has 0 atom stereocenters. The smallest absolute Gasteiger partial charge is 0.240 e. The third-order valence-corrected chi connectivity index (χ3v) is 5.69. The van der Waals surface area contributed by atoms with Gasteiger partial charge in [-0.25, -0.2) is 18.1 Å². The van der Waals surface area contributed by atoms with E-state index in [9.17, 15) is 8.42 Å². The summed E-state index contributed by atoms with van der Waals surface area (Å²) >= 11 is 0. The summed E-state index contributed by atoms with van der Waals surface area (Å²) in [5.41, 5.74) is 0.990. The Morgan fingerprint density at radius 3 is 2.36 bits per heavy atom. The summed E-state index contributed by atoms with van der Waals surface area (Å²) in [5, 5.41) is 6.58. The fourth-order valence-electron chi connectivity index (χ4n) is 2.34. The number of nitrogens with one attached hydrogen (secondary N) is 3. The van der Waals surface area contributed by atoms with Crippen molar-refractivity contribution in [2.45, 2.75) is 50.1 Å². The van der Waals surface area contributed by atoms with Crippen LogP contribution in [0.15, 0.2) is 34.2 Å². The highest BCUT2D eigenvalue weighted by Crippen LogP contribution is 2.27. The predicted molar refractivity (Wildman–Crippen MR) is 111 cm³/mol. The third kappa shape index (κ3) is 6.74. The normalized spacial score (nSPS) is 17.7. The molecule has 140 valence electrons. The molecule has 2 fully saturated rings. The van der Waals surface area contributed by atoms with Gasteiger partial charge in [0.05, 0.1) is 11.4 Å². The topological polar surface area (TPSA) is 82.6 Å². The Morgan fingerprint density at radius 2 is 1.80 bits per heavy atom. The third-order valence-electron chi connectivity index (χ3n) is 4.15. The molecule has 1 aromatic carbocycles. The molecule has 0 bridgehead atoms. The molecule has 25 heavy (non-hydrogen) atoms. The van der Waals surface area contributed by atoms with Crippen molar-refractivity contribution in [1.82, 2.24) is 15.4 Å². The van der Waals surface area contributed by atoms with Crippen LogP contribution in [0, 0.1) is 5.92 Å². The van der Waals surface area contributed by atoms with E-state index in [2.05, 4.69) is 20.3 Å². The van der Waals surface area contributed by atoms with Gasteiger partial charge in [0.25, 0.3) is 0 Å². The van der Waals surface area contributed by atoms with E-state index in [1.807, 2.05) is 19.1 Å². The predicted octanol–water partition coefficient (Wildman–Crippen LogP) is 2.21. The van der Waals surface area contributed by atoms with Crippen LogP contribution in [-0.4, -0.2) is 33.5 Å². The summed E-state index contributed by atoms with van der Waals surface area (Å²) < 4.78 is 27.0. The minimum absolute atomic E-state index is 0. The zero-order valence-corrected chi connectivity index (χ0v) is 17.6. The molecule has 2 aliphatic rings. The van der Waals surface area contributed by atoms with Crippen molar-refractivity contribution in [3.63, 3.8) is 0 Å². The van der Waals surface area contributed by atoms with Crippen LogP contribution >= 0.6 is 24.0 Å². The lowest BCUT2D eigenvalue weighted by Gasteiger charge is -2.11. The second kappa shape index (κ2) is 9.18. The first-order valence-electron chi connectivity index (χ1n) is 8.70. The molecule has 0 spiro atoms. The van der Waals surface area contributed by atoms with E-state index in [0.29, 0.717) is 11.4 Å². The van der Waals surface area contributed by atoms with Crippen molar-refractivity contribution < 1.29 is 8.42 Å². The van der Waals surface area contributed by atoms with E-state index >= 15 is 0 Å². The van der Waals surface area contributed by atoms with Crippen LogP contribution in [-0.2, 0) is 16.6 Å². The van der Waals surface area contributed by atoms with Gasteiger partial charge in [0.15, 0.2) is 5.96 Å². The van der Waals surface area contributed by atoms with Crippen LogP contribution in [0.4, 0.5) is 0 Å². The Balaban J connectivity index is 0.00000225. The lowest BCUT2D eigenvalue weighted by atomic mass is 10.2. The number of hydrogen-bond donors (Lipinski definition) is 3. The molecule has 0 radical (unpaired) electrons. The molecule has 3 N–H and O–H groups in total. The average molecular weight is 478 g/mol. The largest absolute Gasteiger partial charge is 0.357 e. The summed E-state index contributed by atoms with van der Waals surface area (Å²) in [6, 6.07) is 7.09. The van der Waals surface area contributed by atoms with Gasteiger partial charge in [-0.15, -0.1) is 24.0 Å². The van der Waals surface area contributed by atoms with Gasteiger partial charge in [0.1, 0.15) is 0 Å². The number of guanidine groups is 1. The molecule has 0 heterocycles. The lowest BCUT2D eigenvalue weighted by molar-refractivity contribution is 0.581. The molecule has 0 aliphatic heterocycles. The maximum atomic E-state index is 12.1. The van der Waals surface area contributed by atoms with Crippen LogP contribution < -0.4 is 15.4 Å². The SMILES string of the molecule is CCNC(=NCc1ccc(S(=O)(=O)NC2CC2)cc1)NCC1CC1.I. The van der Waals surface area contributed by atoms with Gasteiger partial charge >= 0.3 is 0 Å². The Kier molecular flexibility index (Phi) is 7.51. The summed E-state index contributed by atoms with van der Waals surface area (Å²) in [7, 11) is -3.38. The molecule has 0 saturated heterocycles. The summed E-state index contributed by atoms with van der Waals surface area (Å²) in [6.07, 6.45) is 4.48. The highest BCUT2D eigenvalue weighted by molar-refractivity contribution is 14.0. The van der Waals surface area contributed by atoms with Crippen LogP contribution in [0.5, 0.6) is 0 Å². The van der Waals surface area contributed by atoms with E-state index in [1.165, 1.54) is 12.8 Å². The first-order valence-corrected chi connectivity index (χ1v) is 10.2. The molecule has 0 amide bonds. The van der Waals surface area contributed by atoms with Crippen molar-refractivity contribution in [1.29, 1.82) is 0 Å². The molecule has 8 heteroatoms. The monoisotopic (exact) mass is 478 g/mol.